The Morgan fingerprint density at radius 3 is 3.00 bits per heavy atom. The monoisotopic (exact) mass is 239 g/mol. The third-order valence-electron chi connectivity index (χ3n) is 2.67. The molecule has 0 radical (unpaired) electrons. The first-order chi connectivity index (χ1) is 8.27. The molecule has 0 fully saturated rings. The van der Waals surface area contributed by atoms with Gasteiger partial charge in [-0.3, -0.25) is 4.79 Å². The van der Waals surface area contributed by atoms with Crippen molar-refractivity contribution in [3.63, 3.8) is 0 Å². The average Bonchev–Trinajstić information content (AvgIpc) is 2.85. The smallest absolute Gasteiger partial charge is 0.322 e. The van der Waals surface area contributed by atoms with Crippen LogP contribution in [0.4, 0.5) is 0 Å². The summed E-state index contributed by atoms with van der Waals surface area (Å²) in [5, 5.41) is 3.21. The number of unbranched alkanes of at least 4 members (excludes halogenated alkanes) is 1. The lowest BCUT2D eigenvalue weighted by Gasteiger charge is -2.15. The van der Waals surface area contributed by atoms with E-state index in [2.05, 4.69) is 12.2 Å². The number of esters is 1. The van der Waals surface area contributed by atoms with Gasteiger partial charge in [0.2, 0.25) is 0 Å². The predicted octanol–water partition coefficient (Wildman–Crippen LogP) is 2.14. The molecule has 96 valence electrons. The number of carbonyl (C=O) groups excluding carboxylic acids is 1. The zero-order chi connectivity index (χ0) is 12.5. The molecule has 1 aromatic heterocycles. The molecule has 0 bridgehead atoms. The molecule has 0 aliphatic carbocycles. The van der Waals surface area contributed by atoms with E-state index < -0.39 is 0 Å². The van der Waals surface area contributed by atoms with E-state index in [4.69, 9.17) is 9.15 Å². The van der Waals surface area contributed by atoms with Crippen LogP contribution in [0.3, 0.4) is 0 Å². The van der Waals surface area contributed by atoms with Gasteiger partial charge in [0.05, 0.1) is 13.4 Å². The van der Waals surface area contributed by atoms with Crippen LogP contribution < -0.4 is 5.32 Å². The highest BCUT2D eigenvalue weighted by Gasteiger charge is 2.17. The largest absolute Gasteiger partial charge is 0.469 e. The van der Waals surface area contributed by atoms with Crippen LogP contribution >= 0.6 is 0 Å². The third kappa shape index (κ3) is 5.04. The number of ether oxygens (including phenoxy) is 1. The lowest BCUT2D eigenvalue weighted by Crippen LogP contribution is -2.38. The molecule has 1 N–H and O–H groups in total. The highest BCUT2D eigenvalue weighted by molar-refractivity contribution is 5.75. The second-order valence-corrected chi connectivity index (χ2v) is 4.00. The maximum Gasteiger partial charge on any atom is 0.322 e. The summed E-state index contributed by atoms with van der Waals surface area (Å²) in [7, 11) is 1.43. The number of hydrogen-bond donors (Lipinski definition) is 1. The van der Waals surface area contributed by atoms with E-state index in [1.807, 2.05) is 12.1 Å². The van der Waals surface area contributed by atoms with Crippen molar-refractivity contribution >= 4 is 5.97 Å². The first kappa shape index (κ1) is 13.8. The van der Waals surface area contributed by atoms with Gasteiger partial charge in [0.15, 0.2) is 0 Å². The van der Waals surface area contributed by atoms with Crippen molar-refractivity contribution in [3.05, 3.63) is 24.2 Å². The van der Waals surface area contributed by atoms with Crippen LogP contribution in [-0.2, 0) is 16.0 Å². The summed E-state index contributed by atoms with van der Waals surface area (Å²) in [4.78, 5) is 11.5. The zero-order valence-corrected chi connectivity index (χ0v) is 10.6. The molecule has 0 aliphatic heterocycles. The quantitative estimate of drug-likeness (QED) is 0.706. The standard InChI is InChI=1S/C13H21NO3/c1-3-4-7-12(13(15)16-2)14-9-8-11-6-5-10-17-11/h5-6,10,12,14H,3-4,7-9H2,1-2H3. The molecule has 1 rings (SSSR count). The number of nitrogens with one attached hydrogen (secondary N) is 1. The number of rotatable bonds is 8. The molecule has 17 heavy (non-hydrogen) atoms. The minimum Gasteiger partial charge on any atom is -0.469 e. The molecular weight excluding hydrogens is 218 g/mol. The van der Waals surface area contributed by atoms with Gasteiger partial charge in [-0.1, -0.05) is 19.8 Å². The Kier molecular flexibility index (Phi) is 6.40. The van der Waals surface area contributed by atoms with Gasteiger partial charge in [0, 0.05) is 13.0 Å². The molecular formula is C13H21NO3. The van der Waals surface area contributed by atoms with Crippen LogP contribution in [0.5, 0.6) is 0 Å². The lowest BCUT2D eigenvalue weighted by atomic mass is 10.1. The van der Waals surface area contributed by atoms with Crippen molar-refractivity contribution in [2.75, 3.05) is 13.7 Å². The molecule has 4 heteroatoms. The topological polar surface area (TPSA) is 51.5 Å². The molecule has 1 atom stereocenters. The van der Waals surface area contributed by atoms with Crippen LogP contribution in [0, 0.1) is 0 Å². The van der Waals surface area contributed by atoms with Crippen LogP contribution in [0.25, 0.3) is 0 Å². The van der Waals surface area contributed by atoms with Crippen LogP contribution in [0.15, 0.2) is 22.8 Å². The summed E-state index contributed by atoms with van der Waals surface area (Å²) in [6, 6.07) is 3.60. The van der Waals surface area contributed by atoms with E-state index in [1.165, 1.54) is 7.11 Å². The predicted molar refractivity (Wildman–Crippen MR) is 65.7 cm³/mol. The fourth-order valence-electron chi connectivity index (χ4n) is 1.68. The van der Waals surface area contributed by atoms with Gasteiger partial charge < -0.3 is 14.5 Å². The van der Waals surface area contributed by atoms with Gasteiger partial charge >= 0.3 is 5.97 Å². The molecule has 0 aromatic carbocycles. The number of carbonyl (C=O) groups is 1. The molecule has 0 spiro atoms. The van der Waals surface area contributed by atoms with Crippen LogP contribution in [0.1, 0.15) is 31.9 Å². The molecule has 1 aromatic rings. The Bertz CT molecular complexity index is 308. The number of furan rings is 1. The summed E-state index contributed by atoms with van der Waals surface area (Å²) >= 11 is 0. The van der Waals surface area contributed by atoms with Crippen molar-refractivity contribution in [2.45, 2.75) is 38.6 Å². The average molecular weight is 239 g/mol. The Hall–Kier alpha value is -1.29. The van der Waals surface area contributed by atoms with E-state index in [0.29, 0.717) is 0 Å². The Morgan fingerprint density at radius 2 is 2.41 bits per heavy atom. The molecule has 0 saturated carbocycles. The van der Waals surface area contributed by atoms with E-state index in [1.54, 1.807) is 6.26 Å². The van der Waals surface area contributed by atoms with E-state index in [0.717, 1.165) is 38.0 Å². The minimum absolute atomic E-state index is 0.183. The highest BCUT2D eigenvalue weighted by Crippen LogP contribution is 2.04. The molecule has 1 unspecified atom stereocenters. The molecule has 1 heterocycles. The van der Waals surface area contributed by atoms with Crippen molar-refractivity contribution < 1.29 is 13.9 Å². The maximum absolute atomic E-state index is 11.5. The summed E-state index contributed by atoms with van der Waals surface area (Å²) in [5.41, 5.74) is 0. The molecule has 0 saturated heterocycles. The van der Waals surface area contributed by atoms with Gasteiger partial charge in [0.1, 0.15) is 11.8 Å². The van der Waals surface area contributed by atoms with Gasteiger partial charge in [-0.2, -0.15) is 0 Å². The third-order valence-corrected chi connectivity index (χ3v) is 2.67. The first-order valence-corrected chi connectivity index (χ1v) is 6.11. The maximum atomic E-state index is 11.5. The first-order valence-electron chi connectivity index (χ1n) is 6.11. The lowest BCUT2D eigenvalue weighted by molar-refractivity contribution is -0.143. The summed E-state index contributed by atoms with van der Waals surface area (Å²) in [6.45, 7) is 2.83. The van der Waals surface area contributed by atoms with E-state index >= 15 is 0 Å². The normalized spacial score (nSPS) is 12.4. The van der Waals surface area contributed by atoms with Crippen molar-refractivity contribution in [1.82, 2.24) is 5.32 Å². The van der Waals surface area contributed by atoms with Gasteiger partial charge in [-0.15, -0.1) is 0 Å². The van der Waals surface area contributed by atoms with Crippen molar-refractivity contribution in [2.24, 2.45) is 0 Å². The second kappa shape index (κ2) is 7.90. The number of methoxy groups -OCH3 is 1. The fraction of sp³-hybridized carbons (Fsp3) is 0.615. The van der Waals surface area contributed by atoms with Crippen LogP contribution in [0.2, 0.25) is 0 Å². The summed E-state index contributed by atoms with van der Waals surface area (Å²) in [5.74, 6) is 0.745. The van der Waals surface area contributed by atoms with E-state index in [-0.39, 0.29) is 12.0 Å². The summed E-state index contributed by atoms with van der Waals surface area (Å²) < 4.78 is 10.00. The zero-order valence-electron chi connectivity index (χ0n) is 10.6. The molecule has 0 amide bonds. The minimum atomic E-state index is -0.199. The number of hydrogen-bond acceptors (Lipinski definition) is 4. The Morgan fingerprint density at radius 1 is 1.59 bits per heavy atom. The van der Waals surface area contributed by atoms with Gasteiger partial charge in [-0.25, -0.2) is 0 Å². The second-order valence-electron chi connectivity index (χ2n) is 4.00. The highest BCUT2D eigenvalue weighted by atomic mass is 16.5. The summed E-state index contributed by atoms with van der Waals surface area (Å²) in [6.07, 6.45) is 5.36. The SMILES string of the molecule is CCCCC(NCCc1ccco1)C(=O)OC. The fourth-order valence-corrected chi connectivity index (χ4v) is 1.68. The molecule has 4 nitrogen and oxygen atoms in total. The molecule has 0 aliphatic rings. The Balaban J connectivity index is 2.30. The van der Waals surface area contributed by atoms with Gasteiger partial charge in [-0.05, 0) is 18.6 Å². The van der Waals surface area contributed by atoms with E-state index in [9.17, 15) is 4.79 Å². The van der Waals surface area contributed by atoms with Crippen molar-refractivity contribution in [3.8, 4) is 0 Å². The van der Waals surface area contributed by atoms with Gasteiger partial charge in [0.25, 0.3) is 0 Å². The Labute approximate surface area is 102 Å². The van der Waals surface area contributed by atoms with Crippen LogP contribution in [-0.4, -0.2) is 25.7 Å². The van der Waals surface area contributed by atoms with Crippen molar-refractivity contribution in [1.29, 1.82) is 0 Å².